The van der Waals surface area contributed by atoms with Crippen molar-refractivity contribution in [2.75, 3.05) is 0 Å². The second-order valence-corrected chi connectivity index (χ2v) is 4.75. The Hall–Kier alpha value is 0.600. The average molecular weight is 342 g/mol. The fraction of sp³-hybridized carbons (Fsp3) is 1.00. The standard InChI is InChI=1S/C2Cl3F3.C2ClF5/c2*3-1(4,5)2(6,7)8. The van der Waals surface area contributed by atoms with Crippen LogP contribution in [0.3, 0.4) is 0 Å². The lowest BCUT2D eigenvalue weighted by Crippen LogP contribution is -2.29. The second-order valence-electron chi connectivity index (χ2n) is 1.99. The van der Waals surface area contributed by atoms with Crippen molar-refractivity contribution in [1.82, 2.24) is 0 Å². The largest absolute Gasteiger partial charge is 0.469 e. The van der Waals surface area contributed by atoms with Crippen LogP contribution in [0.1, 0.15) is 0 Å². The number of alkyl halides is 12. The first-order valence-corrected chi connectivity index (χ1v) is 4.28. The summed E-state index contributed by atoms with van der Waals surface area (Å²) in [5, 5.41) is -5.09. The molecule has 0 N–H and O–H groups in total. The summed E-state index contributed by atoms with van der Waals surface area (Å²) in [6.07, 6.45) is -10.4. The van der Waals surface area contributed by atoms with Crippen molar-refractivity contribution in [1.29, 1.82) is 0 Å². The van der Waals surface area contributed by atoms with Crippen LogP contribution in [0, 0.1) is 0 Å². The number of rotatable bonds is 0. The summed E-state index contributed by atoms with van der Waals surface area (Å²) >= 11 is 16.8. The first kappa shape index (κ1) is 19.0. The predicted octanol–water partition coefficient (Wildman–Crippen LogP) is 5.30. The van der Waals surface area contributed by atoms with Crippen LogP contribution < -0.4 is 0 Å². The van der Waals surface area contributed by atoms with Gasteiger partial charge in [-0.05, 0) is 11.6 Å². The molecule has 16 heavy (non-hydrogen) atoms. The van der Waals surface area contributed by atoms with Crippen LogP contribution in [-0.2, 0) is 0 Å². The Morgan fingerprint density at radius 1 is 0.500 bits per heavy atom. The highest BCUT2D eigenvalue weighted by molar-refractivity contribution is 6.68. The van der Waals surface area contributed by atoms with E-state index >= 15 is 0 Å². The molecular weight excluding hydrogens is 342 g/mol. The summed E-state index contributed by atoms with van der Waals surface area (Å²) in [5.74, 6) is 0. The van der Waals surface area contributed by atoms with Crippen LogP contribution in [-0.4, -0.2) is 21.5 Å². The maximum Gasteiger partial charge on any atom is 0.469 e. The molecule has 0 unspecified atom stereocenters. The van der Waals surface area contributed by atoms with Crippen molar-refractivity contribution in [3.05, 3.63) is 0 Å². The van der Waals surface area contributed by atoms with Crippen LogP contribution in [0.2, 0.25) is 0 Å². The molecular formula is C4Cl4F8. The van der Waals surface area contributed by atoms with Crippen molar-refractivity contribution >= 4 is 46.4 Å². The van der Waals surface area contributed by atoms with E-state index in [1.54, 1.807) is 0 Å². The van der Waals surface area contributed by atoms with Gasteiger partial charge in [0.25, 0.3) is 3.79 Å². The lowest BCUT2D eigenvalue weighted by molar-refractivity contribution is -0.241. The molecule has 0 nitrogen and oxygen atoms in total. The third-order valence-electron chi connectivity index (χ3n) is 0.643. The van der Waals surface area contributed by atoms with E-state index < -0.39 is 21.5 Å². The van der Waals surface area contributed by atoms with Gasteiger partial charge in [-0.1, -0.05) is 34.8 Å². The molecule has 0 saturated heterocycles. The number of halogens is 12. The molecule has 0 fully saturated rings. The molecule has 0 radical (unpaired) electrons. The minimum Gasteiger partial charge on any atom is -0.177 e. The lowest BCUT2D eigenvalue weighted by Gasteiger charge is -2.13. The third kappa shape index (κ3) is 7.81. The molecule has 0 heterocycles. The van der Waals surface area contributed by atoms with Gasteiger partial charge in [-0.15, -0.1) is 0 Å². The summed E-state index contributed by atoms with van der Waals surface area (Å²) in [6, 6.07) is 0. The molecule has 12 heteroatoms. The van der Waals surface area contributed by atoms with Crippen molar-refractivity contribution in [2.45, 2.75) is 21.5 Å². The van der Waals surface area contributed by atoms with Gasteiger partial charge >= 0.3 is 17.7 Å². The second kappa shape index (κ2) is 5.49. The van der Waals surface area contributed by atoms with Crippen molar-refractivity contribution in [3.63, 3.8) is 0 Å². The normalized spacial score (nSPS) is 14.2. The minimum absolute atomic E-state index is 3.15. The van der Waals surface area contributed by atoms with Gasteiger partial charge in [-0.25, -0.2) is 0 Å². The molecule has 0 rings (SSSR count). The van der Waals surface area contributed by atoms with E-state index in [9.17, 15) is 35.1 Å². The molecule has 0 bridgehead atoms. The van der Waals surface area contributed by atoms with Gasteiger partial charge in [0.05, 0.1) is 0 Å². The topological polar surface area (TPSA) is 0 Å². The van der Waals surface area contributed by atoms with E-state index in [1.807, 2.05) is 0 Å². The first-order valence-electron chi connectivity index (χ1n) is 2.77. The minimum atomic E-state index is -5.63. The van der Waals surface area contributed by atoms with Crippen molar-refractivity contribution in [3.8, 4) is 0 Å². The van der Waals surface area contributed by atoms with Crippen LogP contribution in [0.15, 0.2) is 0 Å². The monoisotopic (exact) mass is 340 g/mol. The zero-order chi connectivity index (χ0) is 14.0. The number of hydrogen-bond donors (Lipinski definition) is 0. The Bertz CT molecular complexity index is 158. The Balaban J connectivity index is 0. The van der Waals surface area contributed by atoms with Crippen LogP contribution in [0.25, 0.3) is 0 Å². The zero-order valence-electron chi connectivity index (χ0n) is 6.54. The molecule has 0 saturated carbocycles. The van der Waals surface area contributed by atoms with E-state index in [4.69, 9.17) is 0 Å². The van der Waals surface area contributed by atoms with Gasteiger partial charge < -0.3 is 0 Å². The van der Waals surface area contributed by atoms with E-state index in [-0.39, 0.29) is 0 Å². The zero-order valence-corrected chi connectivity index (χ0v) is 9.56. The average Bonchev–Trinajstić information content (AvgIpc) is 1.77. The van der Waals surface area contributed by atoms with Gasteiger partial charge in [0.2, 0.25) is 0 Å². The highest BCUT2D eigenvalue weighted by atomic mass is 35.6. The van der Waals surface area contributed by atoms with Crippen LogP contribution in [0.4, 0.5) is 35.1 Å². The predicted molar refractivity (Wildman–Crippen MR) is 43.2 cm³/mol. The van der Waals surface area contributed by atoms with E-state index in [2.05, 4.69) is 46.4 Å². The summed E-state index contributed by atoms with van der Waals surface area (Å²) in [5.41, 5.74) is 0. The smallest absolute Gasteiger partial charge is 0.177 e. The Kier molecular flexibility index (Phi) is 6.51. The molecule has 0 aliphatic heterocycles. The molecule has 100 valence electrons. The van der Waals surface area contributed by atoms with E-state index in [0.717, 1.165) is 0 Å². The maximum atomic E-state index is 11.2. The molecule has 0 aromatic heterocycles. The Labute approximate surface area is 103 Å². The molecule has 0 aromatic carbocycles. The van der Waals surface area contributed by atoms with Crippen LogP contribution in [0.5, 0.6) is 0 Å². The molecule has 0 aliphatic carbocycles. The fourth-order valence-corrected chi connectivity index (χ4v) is 0. The number of hydrogen-bond acceptors (Lipinski definition) is 0. The summed E-state index contributed by atoms with van der Waals surface area (Å²) in [4.78, 5) is 0. The Morgan fingerprint density at radius 2 is 0.625 bits per heavy atom. The fourth-order valence-electron chi connectivity index (χ4n) is 0. The van der Waals surface area contributed by atoms with E-state index in [1.165, 1.54) is 0 Å². The summed E-state index contributed by atoms with van der Waals surface area (Å²) < 4.78 is 84.1. The van der Waals surface area contributed by atoms with Gasteiger partial charge in [-0.2, -0.15) is 35.1 Å². The van der Waals surface area contributed by atoms with Gasteiger partial charge in [-0.3, -0.25) is 0 Å². The molecule has 0 amide bonds. The van der Waals surface area contributed by atoms with E-state index in [0.29, 0.717) is 0 Å². The lowest BCUT2D eigenvalue weighted by atomic mass is 10.7. The summed E-state index contributed by atoms with van der Waals surface area (Å²) in [6.45, 7) is 0. The molecule has 0 spiro atoms. The van der Waals surface area contributed by atoms with Gasteiger partial charge in [0, 0.05) is 0 Å². The first-order chi connectivity index (χ1) is 6.50. The van der Waals surface area contributed by atoms with Gasteiger partial charge in [0.1, 0.15) is 0 Å². The summed E-state index contributed by atoms with van der Waals surface area (Å²) in [7, 11) is 0. The quantitative estimate of drug-likeness (QED) is 0.414. The Morgan fingerprint density at radius 3 is 0.625 bits per heavy atom. The van der Waals surface area contributed by atoms with Crippen molar-refractivity contribution in [2.24, 2.45) is 0 Å². The van der Waals surface area contributed by atoms with Crippen molar-refractivity contribution < 1.29 is 35.1 Å². The molecule has 0 aromatic rings. The van der Waals surface area contributed by atoms with Gasteiger partial charge in [0.15, 0.2) is 0 Å². The third-order valence-corrected chi connectivity index (χ3v) is 1.50. The highest BCUT2D eigenvalue weighted by Gasteiger charge is 2.56. The SMILES string of the molecule is FC(F)(F)C(Cl)(Cl)Cl.FC(F)(F)C(F)(F)Cl. The molecule has 0 atom stereocenters. The maximum absolute atomic E-state index is 11.2. The van der Waals surface area contributed by atoms with Crippen LogP contribution >= 0.6 is 46.4 Å². The highest BCUT2D eigenvalue weighted by Crippen LogP contribution is 2.42. The molecule has 0 aliphatic rings.